The Morgan fingerprint density at radius 1 is 1.19 bits per heavy atom. The Morgan fingerprint density at radius 3 is 2.67 bits per heavy atom. The first-order valence-corrected chi connectivity index (χ1v) is 7.26. The highest BCUT2D eigenvalue weighted by atomic mass is 35.5. The van der Waals surface area contributed by atoms with E-state index in [2.05, 4.69) is 11.4 Å². The molecule has 0 radical (unpaired) electrons. The number of nitrogens with one attached hydrogen (secondary N) is 1. The first kappa shape index (κ1) is 13.9. The van der Waals surface area contributed by atoms with Gasteiger partial charge in [0, 0.05) is 16.8 Å². The van der Waals surface area contributed by atoms with E-state index in [0.29, 0.717) is 12.0 Å². The third-order valence-electron chi connectivity index (χ3n) is 3.94. The van der Waals surface area contributed by atoms with Crippen molar-refractivity contribution in [2.45, 2.75) is 24.8 Å². The smallest absolute Gasteiger partial charge is 0.141 e. The summed E-state index contributed by atoms with van der Waals surface area (Å²) in [6, 6.07) is 14.6. The summed E-state index contributed by atoms with van der Waals surface area (Å²) >= 11 is 6.20. The van der Waals surface area contributed by atoms with E-state index in [9.17, 15) is 4.39 Å². The van der Waals surface area contributed by atoms with Crippen LogP contribution in [0.25, 0.3) is 0 Å². The number of halogens is 2. The SMILES string of the molecule is N#Cc1cc(NC2CC(c3ccccc3Cl)C2)ccc1F. The van der Waals surface area contributed by atoms with Crippen LogP contribution in [-0.4, -0.2) is 6.04 Å². The molecule has 0 aliphatic heterocycles. The molecule has 1 aliphatic carbocycles. The second-order valence-electron chi connectivity index (χ2n) is 5.34. The molecule has 0 atom stereocenters. The van der Waals surface area contributed by atoms with E-state index in [1.54, 1.807) is 12.1 Å². The summed E-state index contributed by atoms with van der Waals surface area (Å²) in [6.45, 7) is 0. The van der Waals surface area contributed by atoms with E-state index in [0.717, 1.165) is 23.6 Å². The van der Waals surface area contributed by atoms with E-state index in [1.165, 1.54) is 11.6 Å². The summed E-state index contributed by atoms with van der Waals surface area (Å²) in [6.07, 6.45) is 1.98. The van der Waals surface area contributed by atoms with Gasteiger partial charge in [-0.1, -0.05) is 29.8 Å². The fourth-order valence-electron chi connectivity index (χ4n) is 2.73. The third-order valence-corrected chi connectivity index (χ3v) is 4.28. The van der Waals surface area contributed by atoms with Gasteiger partial charge in [-0.15, -0.1) is 0 Å². The van der Waals surface area contributed by atoms with E-state index in [1.807, 2.05) is 24.3 Å². The van der Waals surface area contributed by atoms with Gasteiger partial charge >= 0.3 is 0 Å². The van der Waals surface area contributed by atoms with Crippen molar-refractivity contribution in [2.75, 3.05) is 5.32 Å². The molecule has 1 aliphatic rings. The number of benzene rings is 2. The molecule has 0 heterocycles. The number of hydrogen-bond acceptors (Lipinski definition) is 2. The zero-order valence-corrected chi connectivity index (χ0v) is 12.1. The first-order chi connectivity index (χ1) is 10.2. The van der Waals surface area contributed by atoms with Gasteiger partial charge in [0.05, 0.1) is 5.56 Å². The average Bonchev–Trinajstić information content (AvgIpc) is 2.45. The van der Waals surface area contributed by atoms with Crippen molar-refractivity contribution < 1.29 is 4.39 Å². The lowest BCUT2D eigenvalue weighted by molar-refractivity contribution is 0.374. The fraction of sp³-hybridized carbons (Fsp3) is 0.235. The topological polar surface area (TPSA) is 35.8 Å². The summed E-state index contributed by atoms with van der Waals surface area (Å²) in [4.78, 5) is 0. The van der Waals surface area contributed by atoms with Gasteiger partial charge in [-0.05, 0) is 48.6 Å². The second-order valence-corrected chi connectivity index (χ2v) is 5.74. The maximum absolute atomic E-state index is 13.3. The van der Waals surface area contributed by atoms with Crippen LogP contribution in [0.1, 0.15) is 29.9 Å². The van der Waals surface area contributed by atoms with Crippen molar-refractivity contribution in [3.8, 4) is 6.07 Å². The molecule has 21 heavy (non-hydrogen) atoms. The quantitative estimate of drug-likeness (QED) is 0.891. The van der Waals surface area contributed by atoms with Crippen molar-refractivity contribution in [1.29, 1.82) is 5.26 Å². The minimum Gasteiger partial charge on any atom is -0.382 e. The predicted molar refractivity (Wildman–Crippen MR) is 82.0 cm³/mol. The molecule has 0 spiro atoms. The lowest BCUT2D eigenvalue weighted by Gasteiger charge is -2.37. The highest BCUT2D eigenvalue weighted by molar-refractivity contribution is 6.31. The Balaban J connectivity index is 1.63. The van der Waals surface area contributed by atoms with Crippen LogP contribution in [0.4, 0.5) is 10.1 Å². The summed E-state index contributed by atoms with van der Waals surface area (Å²) in [7, 11) is 0. The van der Waals surface area contributed by atoms with Gasteiger partial charge in [-0.25, -0.2) is 4.39 Å². The van der Waals surface area contributed by atoms with Gasteiger partial charge in [0.15, 0.2) is 0 Å². The van der Waals surface area contributed by atoms with Gasteiger partial charge < -0.3 is 5.32 Å². The molecular weight excluding hydrogens is 287 g/mol. The molecule has 1 N–H and O–H groups in total. The van der Waals surface area contributed by atoms with E-state index in [-0.39, 0.29) is 5.56 Å². The summed E-state index contributed by atoms with van der Waals surface area (Å²) in [5.41, 5.74) is 2.05. The van der Waals surface area contributed by atoms with Gasteiger partial charge in [0.25, 0.3) is 0 Å². The Hall–Kier alpha value is -2.05. The molecule has 2 nitrogen and oxygen atoms in total. The van der Waals surface area contributed by atoms with Crippen LogP contribution in [-0.2, 0) is 0 Å². The van der Waals surface area contributed by atoms with Crippen molar-refractivity contribution in [3.63, 3.8) is 0 Å². The second kappa shape index (κ2) is 5.75. The first-order valence-electron chi connectivity index (χ1n) is 6.88. The van der Waals surface area contributed by atoms with E-state index < -0.39 is 5.82 Å². The predicted octanol–water partition coefficient (Wildman–Crippen LogP) is 4.71. The summed E-state index contributed by atoms with van der Waals surface area (Å²) in [5.74, 6) is -0.0160. The maximum atomic E-state index is 13.3. The van der Waals surface area contributed by atoms with Crippen LogP contribution in [0.15, 0.2) is 42.5 Å². The maximum Gasteiger partial charge on any atom is 0.141 e. The lowest BCUT2D eigenvalue weighted by atomic mass is 9.76. The molecule has 4 heteroatoms. The van der Waals surface area contributed by atoms with Gasteiger partial charge in [-0.3, -0.25) is 0 Å². The van der Waals surface area contributed by atoms with Crippen molar-refractivity contribution >= 4 is 17.3 Å². The van der Waals surface area contributed by atoms with Gasteiger partial charge in [0.2, 0.25) is 0 Å². The highest BCUT2D eigenvalue weighted by Crippen LogP contribution is 2.41. The molecule has 1 fully saturated rings. The molecular formula is C17H14ClFN2. The zero-order chi connectivity index (χ0) is 14.8. The van der Waals surface area contributed by atoms with Crippen molar-refractivity contribution in [1.82, 2.24) is 0 Å². The van der Waals surface area contributed by atoms with Crippen LogP contribution in [0.3, 0.4) is 0 Å². The number of nitrogens with zero attached hydrogens (tertiary/aromatic N) is 1. The molecule has 2 aromatic carbocycles. The Bertz CT molecular complexity index is 702. The molecule has 0 saturated heterocycles. The molecule has 1 saturated carbocycles. The normalized spacial score (nSPS) is 20.4. The number of anilines is 1. The van der Waals surface area contributed by atoms with E-state index in [4.69, 9.17) is 16.9 Å². The molecule has 0 aromatic heterocycles. The largest absolute Gasteiger partial charge is 0.382 e. The summed E-state index contributed by atoms with van der Waals surface area (Å²) < 4.78 is 13.3. The van der Waals surface area contributed by atoms with Gasteiger partial charge in [-0.2, -0.15) is 5.26 Å². The molecule has 0 amide bonds. The van der Waals surface area contributed by atoms with Gasteiger partial charge in [0.1, 0.15) is 11.9 Å². The standard InChI is InChI=1S/C17H14ClFN2/c18-16-4-2-1-3-15(16)11-7-14(8-11)21-13-5-6-17(19)12(9-13)10-20/h1-6,9,11,14,21H,7-8H2. The van der Waals surface area contributed by atoms with Crippen LogP contribution in [0.5, 0.6) is 0 Å². The molecule has 0 bridgehead atoms. The Labute approximate surface area is 128 Å². The van der Waals surface area contributed by atoms with Crippen LogP contribution < -0.4 is 5.32 Å². The van der Waals surface area contributed by atoms with Crippen LogP contribution in [0.2, 0.25) is 5.02 Å². The van der Waals surface area contributed by atoms with E-state index >= 15 is 0 Å². The molecule has 3 rings (SSSR count). The Morgan fingerprint density at radius 2 is 1.95 bits per heavy atom. The minimum atomic E-state index is -0.481. The molecule has 106 valence electrons. The fourth-order valence-corrected chi connectivity index (χ4v) is 3.02. The number of hydrogen-bond donors (Lipinski definition) is 1. The number of rotatable bonds is 3. The lowest BCUT2D eigenvalue weighted by Crippen LogP contribution is -2.34. The molecule has 2 aromatic rings. The molecule has 0 unspecified atom stereocenters. The van der Waals surface area contributed by atoms with Crippen molar-refractivity contribution in [2.24, 2.45) is 0 Å². The average molecular weight is 301 g/mol. The summed E-state index contributed by atoms with van der Waals surface area (Å²) in [5, 5.41) is 13.0. The highest BCUT2D eigenvalue weighted by Gasteiger charge is 2.31. The van der Waals surface area contributed by atoms with Crippen LogP contribution >= 0.6 is 11.6 Å². The zero-order valence-electron chi connectivity index (χ0n) is 11.3. The van der Waals surface area contributed by atoms with Crippen molar-refractivity contribution in [3.05, 3.63) is 64.4 Å². The third kappa shape index (κ3) is 2.86. The monoisotopic (exact) mass is 300 g/mol. The number of nitriles is 1. The van der Waals surface area contributed by atoms with Crippen LogP contribution in [0, 0.1) is 17.1 Å². The Kier molecular flexibility index (Phi) is 3.81. The minimum absolute atomic E-state index is 0.0713.